The minimum Gasteiger partial charge on any atom is -0.494 e. The van der Waals surface area contributed by atoms with Gasteiger partial charge in [0.2, 0.25) is 0 Å². The molecule has 1 atom stereocenters. The van der Waals surface area contributed by atoms with Crippen LogP contribution in [0.15, 0.2) is 53.3 Å². The van der Waals surface area contributed by atoms with Crippen molar-refractivity contribution < 1.29 is 9.13 Å². The number of aromatic amines is 1. The minimum atomic E-state index is -0.285. The highest BCUT2D eigenvalue weighted by Crippen LogP contribution is 2.30. The summed E-state index contributed by atoms with van der Waals surface area (Å²) in [6, 6.07) is 13.8. The largest absolute Gasteiger partial charge is 0.494 e. The van der Waals surface area contributed by atoms with Gasteiger partial charge in [-0.05, 0) is 86.0 Å². The third kappa shape index (κ3) is 5.88. The molecule has 0 saturated heterocycles. The molecule has 2 aromatic heterocycles. The normalized spacial score (nSPS) is 12.8. The molecule has 0 saturated carbocycles. The highest BCUT2D eigenvalue weighted by molar-refractivity contribution is 5.80. The van der Waals surface area contributed by atoms with Gasteiger partial charge in [-0.1, -0.05) is 26.0 Å². The molecule has 0 radical (unpaired) electrons. The number of H-pyrrole nitrogens is 1. The van der Waals surface area contributed by atoms with Crippen LogP contribution in [-0.2, 0) is 18.6 Å². The van der Waals surface area contributed by atoms with Gasteiger partial charge in [-0.2, -0.15) is 0 Å². The van der Waals surface area contributed by atoms with Crippen molar-refractivity contribution in [2.75, 3.05) is 6.61 Å². The van der Waals surface area contributed by atoms with Gasteiger partial charge in [-0.3, -0.25) is 9.69 Å². The van der Waals surface area contributed by atoms with Gasteiger partial charge >= 0.3 is 0 Å². The molecule has 4 aromatic rings. The van der Waals surface area contributed by atoms with E-state index in [1.807, 2.05) is 35.9 Å². The first-order valence-corrected chi connectivity index (χ1v) is 12.8. The predicted octanol–water partition coefficient (Wildman–Crippen LogP) is 5.35. The molecule has 0 unspecified atom stereocenters. The van der Waals surface area contributed by atoms with Crippen molar-refractivity contribution in [2.24, 2.45) is 0 Å². The number of ether oxygens (including phenoxy) is 1. The Morgan fingerprint density at radius 3 is 2.51 bits per heavy atom. The smallest absolute Gasteiger partial charge is 0.252 e. The Balaban J connectivity index is 1.77. The Hall–Kier alpha value is -3.59. The molecule has 1 N–H and O–H groups in total. The number of aromatic nitrogens is 5. The molecule has 0 spiro atoms. The average Bonchev–Trinajstić information content (AvgIpc) is 3.37. The number of fused-ring (bicyclic) bond motifs is 1. The van der Waals surface area contributed by atoms with E-state index < -0.39 is 0 Å². The van der Waals surface area contributed by atoms with E-state index in [1.54, 1.807) is 12.1 Å². The second-order valence-corrected chi connectivity index (χ2v) is 9.88. The van der Waals surface area contributed by atoms with E-state index >= 15 is 0 Å². The van der Waals surface area contributed by atoms with Gasteiger partial charge in [0.15, 0.2) is 5.82 Å². The van der Waals surface area contributed by atoms with Gasteiger partial charge in [0.05, 0.1) is 18.2 Å². The van der Waals surface area contributed by atoms with E-state index in [4.69, 9.17) is 4.74 Å². The summed E-state index contributed by atoms with van der Waals surface area (Å²) in [6.07, 6.45) is 1.58. The van der Waals surface area contributed by atoms with Crippen LogP contribution in [0, 0.1) is 5.82 Å². The third-order valence-electron chi connectivity index (χ3n) is 6.93. The van der Waals surface area contributed by atoms with E-state index in [-0.39, 0.29) is 23.0 Å². The predicted molar refractivity (Wildman–Crippen MR) is 142 cm³/mol. The first-order chi connectivity index (χ1) is 17.7. The standard InChI is InChI=1S/C28H35FN6O2/c1-6-25(26-31-32-33-35(26)28(4,5)7-2)34(17-19-9-11-22(29)12-10-19)18-21-15-20-16-23(37-8-3)13-14-24(20)30-27(21)36/h9-16,25H,6-8,17-18H2,1-5H3,(H,30,36)/t25-/m1/s1. The summed E-state index contributed by atoms with van der Waals surface area (Å²) in [5, 5.41) is 13.6. The summed E-state index contributed by atoms with van der Waals surface area (Å²) >= 11 is 0. The van der Waals surface area contributed by atoms with Gasteiger partial charge in [-0.25, -0.2) is 9.07 Å². The summed E-state index contributed by atoms with van der Waals surface area (Å²) in [7, 11) is 0. The molecule has 0 amide bonds. The second kappa shape index (κ2) is 11.2. The fraction of sp³-hybridized carbons (Fsp3) is 0.429. The van der Waals surface area contributed by atoms with Crippen LogP contribution in [0.1, 0.15) is 70.5 Å². The van der Waals surface area contributed by atoms with Gasteiger partial charge in [-0.15, -0.1) is 5.10 Å². The lowest BCUT2D eigenvalue weighted by molar-refractivity contribution is 0.150. The summed E-state index contributed by atoms with van der Waals surface area (Å²) in [6.45, 7) is 11.8. The number of nitrogens with zero attached hydrogens (tertiary/aromatic N) is 5. The van der Waals surface area contributed by atoms with Crippen molar-refractivity contribution >= 4 is 10.9 Å². The number of hydrogen-bond acceptors (Lipinski definition) is 6. The Bertz CT molecular complexity index is 1400. The number of hydrogen-bond donors (Lipinski definition) is 1. The van der Waals surface area contributed by atoms with Crippen LogP contribution < -0.4 is 10.3 Å². The van der Waals surface area contributed by atoms with Crippen LogP contribution in [-0.4, -0.2) is 36.7 Å². The van der Waals surface area contributed by atoms with Gasteiger partial charge in [0.1, 0.15) is 11.6 Å². The topological polar surface area (TPSA) is 88.9 Å². The summed E-state index contributed by atoms with van der Waals surface area (Å²) < 4.78 is 21.2. The Morgan fingerprint density at radius 2 is 1.84 bits per heavy atom. The quantitative estimate of drug-likeness (QED) is 0.295. The molecule has 9 heteroatoms. The molecular weight excluding hydrogens is 471 g/mol. The first kappa shape index (κ1) is 26.5. The Morgan fingerprint density at radius 1 is 1.08 bits per heavy atom. The molecule has 0 aliphatic rings. The van der Waals surface area contributed by atoms with Crippen LogP contribution >= 0.6 is 0 Å². The second-order valence-electron chi connectivity index (χ2n) is 9.88. The highest BCUT2D eigenvalue weighted by Gasteiger charge is 2.31. The fourth-order valence-electron chi connectivity index (χ4n) is 4.51. The number of benzene rings is 2. The Labute approximate surface area is 216 Å². The van der Waals surface area contributed by atoms with E-state index in [1.165, 1.54) is 12.1 Å². The van der Waals surface area contributed by atoms with Crippen LogP contribution in [0.4, 0.5) is 4.39 Å². The highest BCUT2D eigenvalue weighted by atomic mass is 19.1. The number of nitrogens with one attached hydrogen (secondary N) is 1. The summed E-state index contributed by atoms with van der Waals surface area (Å²) in [5.74, 6) is 1.21. The van der Waals surface area contributed by atoms with Crippen molar-refractivity contribution in [1.29, 1.82) is 0 Å². The lowest BCUT2D eigenvalue weighted by Crippen LogP contribution is -2.36. The molecular formula is C28H35FN6O2. The lowest BCUT2D eigenvalue weighted by atomic mass is 10.0. The molecule has 0 aliphatic carbocycles. The molecule has 0 fully saturated rings. The molecule has 4 rings (SSSR count). The molecule has 0 bridgehead atoms. The van der Waals surface area contributed by atoms with E-state index in [2.05, 4.69) is 53.1 Å². The van der Waals surface area contributed by atoms with E-state index in [0.29, 0.717) is 25.3 Å². The molecule has 0 aliphatic heterocycles. The van der Waals surface area contributed by atoms with Crippen molar-refractivity contribution in [3.8, 4) is 5.75 Å². The first-order valence-electron chi connectivity index (χ1n) is 12.8. The van der Waals surface area contributed by atoms with Gasteiger partial charge < -0.3 is 9.72 Å². The van der Waals surface area contributed by atoms with Crippen LogP contribution in [0.5, 0.6) is 5.75 Å². The van der Waals surface area contributed by atoms with Gasteiger partial charge in [0, 0.05) is 29.6 Å². The molecule has 2 heterocycles. The molecule has 2 aromatic carbocycles. The van der Waals surface area contributed by atoms with Crippen molar-refractivity contribution in [1.82, 2.24) is 30.1 Å². The zero-order valence-electron chi connectivity index (χ0n) is 22.2. The summed E-state index contributed by atoms with van der Waals surface area (Å²) in [4.78, 5) is 18.3. The maximum atomic E-state index is 13.6. The lowest BCUT2D eigenvalue weighted by Gasteiger charge is -2.33. The maximum absolute atomic E-state index is 13.6. The number of rotatable bonds is 11. The molecule has 37 heavy (non-hydrogen) atoms. The third-order valence-corrected chi connectivity index (χ3v) is 6.93. The minimum absolute atomic E-state index is 0.149. The Kier molecular flexibility index (Phi) is 8.02. The van der Waals surface area contributed by atoms with Crippen molar-refractivity contribution in [3.05, 3.63) is 81.7 Å². The zero-order chi connectivity index (χ0) is 26.6. The van der Waals surface area contributed by atoms with E-state index in [0.717, 1.165) is 40.9 Å². The summed E-state index contributed by atoms with van der Waals surface area (Å²) in [5.41, 5.74) is 1.89. The molecule has 8 nitrogen and oxygen atoms in total. The van der Waals surface area contributed by atoms with Crippen LogP contribution in [0.2, 0.25) is 0 Å². The van der Waals surface area contributed by atoms with Crippen molar-refractivity contribution in [2.45, 2.75) is 72.1 Å². The van der Waals surface area contributed by atoms with E-state index in [9.17, 15) is 9.18 Å². The zero-order valence-corrected chi connectivity index (χ0v) is 22.2. The van der Waals surface area contributed by atoms with Crippen molar-refractivity contribution in [3.63, 3.8) is 0 Å². The number of halogens is 1. The molecule has 196 valence electrons. The number of tetrazole rings is 1. The number of pyridine rings is 1. The van der Waals surface area contributed by atoms with Crippen LogP contribution in [0.3, 0.4) is 0 Å². The maximum Gasteiger partial charge on any atom is 0.252 e. The van der Waals surface area contributed by atoms with Crippen LogP contribution in [0.25, 0.3) is 10.9 Å². The monoisotopic (exact) mass is 506 g/mol. The van der Waals surface area contributed by atoms with Gasteiger partial charge in [0.25, 0.3) is 5.56 Å². The SMILES string of the molecule is CCOc1ccc2[nH]c(=O)c(CN(Cc3ccc(F)cc3)[C@H](CC)c3nnnn3C(C)(C)CC)cc2c1. The fourth-order valence-corrected chi connectivity index (χ4v) is 4.51. The average molecular weight is 507 g/mol.